The summed E-state index contributed by atoms with van der Waals surface area (Å²) >= 11 is 1.31. The Kier molecular flexibility index (Phi) is 5.12. The predicted octanol–water partition coefficient (Wildman–Crippen LogP) is 4.58. The molecule has 0 saturated heterocycles. The number of benzene rings is 1. The number of imidazole rings is 1. The number of nitrogens with one attached hydrogen (secondary N) is 1. The summed E-state index contributed by atoms with van der Waals surface area (Å²) in [4.78, 5) is 26.7. The van der Waals surface area contributed by atoms with Gasteiger partial charge in [0.2, 0.25) is 0 Å². The standard InChI is InChI=1S/C23H17N5O2S/c29-22(26-14-16-8-9-19(25-13-16)28-11-10-24-15-28)21-20(17-5-2-1-3-6-17)27-23(31-21)18-7-4-12-30-18/h1-13,15H,14H2,(H,26,29). The van der Waals surface area contributed by atoms with Crippen molar-refractivity contribution in [3.05, 3.63) is 96.2 Å². The molecule has 8 heteroatoms. The Morgan fingerprint density at radius 2 is 2.00 bits per heavy atom. The minimum atomic E-state index is -0.187. The number of carbonyl (C=O) groups excluding carboxylic acids is 1. The van der Waals surface area contributed by atoms with Gasteiger partial charge >= 0.3 is 0 Å². The van der Waals surface area contributed by atoms with Crippen LogP contribution in [-0.4, -0.2) is 25.4 Å². The third kappa shape index (κ3) is 4.01. The molecule has 0 unspecified atom stereocenters. The molecule has 0 aliphatic rings. The fourth-order valence-corrected chi connectivity index (χ4v) is 4.07. The third-order valence-electron chi connectivity index (χ3n) is 4.64. The molecule has 0 saturated carbocycles. The second kappa shape index (κ2) is 8.37. The van der Waals surface area contributed by atoms with Crippen LogP contribution in [0.4, 0.5) is 0 Å². The summed E-state index contributed by atoms with van der Waals surface area (Å²) in [5.74, 6) is 1.22. The van der Waals surface area contributed by atoms with Crippen molar-refractivity contribution in [2.45, 2.75) is 6.54 Å². The first-order chi connectivity index (χ1) is 15.3. The van der Waals surface area contributed by atoms with Crippen molar-refractivity contribution in [2.24, 2.45) is 0 Å². The van der Waals surface area contributed by atoms with Gasteiger partial charge in [0.15, 0.2) is 10.8 Å². The van der Waals surface area contributed by atoms with Crippen LogP contribution in [0.25, 0.3) is 27.8 Å². The molecule has 0 aliphatic heterocycles. The monoisotopic (exact) mass is 427 g/mol. The van der Waals surface area contributed by atoms with Crippen LogP contribution in [-0.2, 0) is 6.54 Å². The van der Waals surface area contributed by atoms with Gasteiger partial charge in [-0.15, -0.1) is 11.3 Å². The predicted molar refractivity (Wildman–Crippen MR) is 118 cm³/mol. The fraction of sp³-hybridized carbons (Fsp3) is 0.0435. The van der Waals surface area contributed by atoms with Crippen LogP contribution in [0.5, 0.6) is 0 Å². The van der Waals surface area contributed by atoms with Gasteiger partial charge in [-0.25, -0.2) is 15.0 Å². The Balaban J connectivity index is 1.37. The summed E-state index contributed by atoms with van der Waals surface area (Å²) in [5.41, 5.74) is 2.42. The topological polar surface area (TPSA) is 85.8 Å². The highest BCUT2D eigenvalue weighted by molar-refractivity contribution is 7.17. The lowest BCUT2D eigenvalue weighted by atomic mass is 10.1. The first-order valence-electron chi connectivity index (χ1n) is 9.59. The molecule has 0 fully saturated rings. The summed E-state index contributed by atoms with van der Waals surface area (Å²) in [5, 5.41) is 3.65. The number of hydrogen-bond acceptors (Lipinski definition) is 6. The smallest absolute Gasteiger partial charge is 0.263 e. The zero-order chi connectivity index (χ0) is 21.0. The normalized spacial score (nSPS) is 10.8. The Morgan fingerprint density at radius 3 is 2.71 bits per heavy atom. The van der Waals surface area contributed by atoms with Crippen LogP contribution in [0.15, 0.2) is 90.2 Å². The van der Waals surface area contributed by atoms with Gasteiger partial charge in [-0.1, -0.05) is 36.4 Å². The SMILES string of the molecule is O=C(NCc1ccc(-n2ccnc2)nc1)c1sc(-c2ccco2)nc1-c1ccccc1. The van der Waals surface area contributed by atoms with Gasteiger partial charge in [-0.2, -0.15) is 0 Å². The van der Waals surface area contributed by atoms with E-state index in [1.807, 2.05) is 59.3 Å². The number of pyridine rings is 1. The molecular weight excluding hydrogens is 410 g/mol. The molecule has 5 aromatic rings. The number of rotatable bonds is 6. The zero-order valence-corrected chi connectivity index (χ0v) is 17.1. The lowest BCUT2D eigenvalue weighted by Crippen LogP contribution is -2.22. The van der Waals surface area contributed by atoms with Gasteiger partial charge in [0.1, 0.15) is 17.0 Å². The van der Waals surface area contributed by atoms with Gasteiger partial charge < -0.3 is 9.73 Å². The van der Waals surface area contributed by atoms with E-state index in [4.69, 9.17) is 4.42 Å². The maximum absolute atomic E-state index is 13.0. The molecule has 5 rings (SSSR count). The highest BCUT2D eigenvalue weighted by Gasteiger charge is 2.21. The summed E-state index contributed by atoms with van der Waals surface area (Å²) < 4.78 is 7.30. The second-order valence-corrected chi connectivity index (χ2v) is 7.72. The number of thiazole rings is 1. The van der Waals surface area contributed by atoms with E-state index < -0.39 is 0 Å². The Labute approximate surface area is 182 Å². The number of nitrogens with zero attached hydrogens (tertiary/aromatic N) is 4. The van der Waals surface area contributed by atoms with E-state index in [2.05, 4.69) is 20.3 Å². The van der Waals surface area contributed by atoms with Crippen LogP contribution in [0.2, 0.25) is 0 Å². The average molecular weight is 427 g/mol. The molecule has 4 heterocycles. The number of carbonyl (C=O) groups is 1. The molecule has 0 bridgehead atoms. The molecule has 7 nitrogen and oxygen atoms in total. The molecule has 1 aromatic carbocycles. The minimum absolute atomic E-state index is 0.187. The quantitative estimate of drug-likeness (QED) is 0.429. The van der Waals surface area contributed by atoms with Crippen molar-refractivity contribution in [3.8, 4) is 27.8 Å². The summed E-state index contributed by atoms with van der Waals surface area (Å²) in [6.45, 7) is 0.359. The van der Waals surface area contributed by atoms with E-state index in [1.54, 1.807) is 31.1 Å². The Hall–Kier alpha value is -4.04. The molecular formula is C23H17N5O2S. The van der Waals surface area contributed by atoms with E-state index in [0.29, 0.717) is 27.9 Å². The fourth-order valence-electron chi connectivity index (χ4n) is 3.10. The van der Waals surface area contributed by atoms with Crippen molar-refractivity contribution in [3.63, 3.8) is 0 Å². The highest BCUT2D eigenvalue weighted by Crippen LogP contribution is 2.34. The maximum Gasteiger partial charge on any atom is 0.263 e. The van der Waals surface area contributed by atoms with Crippen molar-refractivity contribution in [2.75, 3.05) is 0 Å². The number of amides is 1. The Morgan fingerprint density at radius 1 is 1.10 bits per heavy atom. The van der Waals surface area contributed by atoms with Crippen molar-refractivity contribution < 1.29 is 9.21 Å². The summed E-state index contributed by atoms with van der Waals surface area (Å²) in [6, 6.07) is 17.1. The maximum atomic E-state index is 13.0. The van der Waals surface area contributed by atoms with E-state index in [-0.39, 0.29) is 5.91 Å². The van der Waals surface area contributed by atoms with Gasteiger partial charge in [0.05, 0.1) is 12.0 Å². The third-order valence-corrected chi connectivity index (χ3v) is 5.71. The van der Waals surface area contributed by atoms with Gasteiger partial charge in [0, 0.05) is 30.7 Å². The zero-order valence-electron chi connectivity index (χ0n) is 16.3. The van der Waals surface area contributed by atoms with Gasteiger partial charge in [0.25, 0.3) is 5.91 Å². The van der Waals surface area contributed by atoms with Crippen molar-refractivity contribution in [1.29, 1.82) is 0 Å². The van der Waals surface area contributed by atoms with Gasteiger partial charge in [-0.05, 0) is 23.8 Å². The van der Waals surface area contributed by atoms with E-state index in [9.17, 15) is 4.79 Å². The molecule has 1 N–H and O–H groups in total. The first-order valence-corrected chi connectivity index (χ1v) is 10.4. The lowest BCUT2D eigenvalue weighted by Gasteiger charge is -2.07. The van der Waals surface area contributed by atoms with E-state index in [1.165, 1.54) is 11.3 Å². The molecule has 0 radical (unpaired) electrons. The Bertz CT molecular complexity index is 1280. The van der Waals surface area contributed by atoms with Crippen molar-refractivity contribution >= 4 is 17.2 Å². The summed E-state index contributed by atoms with van der Waals surface area (Å²) in [6.07, 6.45) is 8.56. The summed E-state index contributed by atoms with van der Waals surface area (Å²) in [7, 11) is 0. The lowest BCUT2D eigenvalue weighted by molar-refractivity contribution is 0.0955. The largest absolute Gasteiger partial charge is 0.462 e. The highest BCUT2D eigenvalue weighted by atomic mass is 32.1. The van der Waals surface area contributed by atoms with Gasteiger partial charge in [-0.3, -0.25) is 9.36 Å². The first kappa shape index (κ1) is 19.0. The average Bonchev–Trinajstić information content (AvgIpc) is 3.59. The van der Waals surface area contributed by atoms with E-state index >= 15 is 0 Å². The molecule has 0 aliphatic carbocycles. The second-order valence-electron chi connectivity index (χ2n) is 6.72. The van der Waals surface area contributed by atoms with Crippen LogP contribution >= 0.6 is 11.3 Å². The number of furan rings is 1. The van der Waals surface area contributed by atoms with Crippen molar-refractivity contribution in [1.82, 2.24) is 24.8 Å². The number of hydrogen-bond donors (Lipinski definition) is 1. The van der Waals surface area contributed by atoms with Crippen LogP contribution in [0.3, 0.4) is 0 Å². The molecule has 31 heavy (non-hydrogen) atoms. The number of aromatic nitrogens is 4. The minimum Gasteiger partial charge on any atom is -0.462 e. The molecule has 0 spiro atoms. The van der Waals surface area contributed by atoms with Crippen LogP contribution < -0.4 is 5.32 Å². The van der Waals surface area contributed by atoms with Crippen LogP contribution in [0, 0.1) is 0 Å². The molecule has 0 atom stereocenters. The molecule has 4 aromatic heterocycles. The molecule has 152 valence electrons. The van der Waals surface area contributed by atoms with Crippen LogP contribution in [0.1, 0.15) is 15.2 Å². The molecule has 1 amide bonds. The van der Waals surface area contributed by atoms with E-state index in [0.717, 1.165) is 16.9 Å².